The minimum atomic E-state index is -3.40. The van der Waals surface area contributed by atoms with Crippen molar-refractivity contribution in [2.75, 3.05) is 11.1 Å². The van der Waals surface area contributed by atoms with Gasteiger partial charge in [-0.25, -0.2) is 8.42 Å². The molecule has 0 saturated carbocycles. The normalized spacial score (nSPS) is 11.7. The number of aryl methyl sites for hydroxylation is 1. The van der Waals surface area contributed by atoms with E-state index < -0.39 is 15.7 Å². The maximum Gasteiger partial charge on any atom is 0.250 e. The summed E-state index contributed by atoms with van der Waals surface area (Å²) >= 11 is 0.840. The van der Waals surface area contributed by atoms with Gasteiger partial charge in [-0.2, -0.15) is 0 Å². The van der Waals surface area contributed by atoms with Crippen molar-refractivity contribution < 1.29 is 13.2 Å². The van der Waals surface area contributed by atoms with E-state index in [-0.39, 0.29) is 15.2 Å². The summed E-state index contributed by atoms with van der Waals surface area (Å²) in [7, 11) is -3.40. The number of amides is 1. The summed E-state index contributed by atoms with van der Waals surface area (Å²) in [5.74, 6) is -0.444. The standard InChI is InChI=1S/C14H15N3O3S2/c1-3-22(19,20)14-17-16-13(21-14)15-12(18)9-8-11-6-4-10(2)5-7-11/h4-9H,3H2,1-2H3,(H,15,16,18)/b9-8+. The summed E-state index contributed by atoms with van der Waals surface area (Å²) in [6.45, 7) is 3.51. The summed E-state index contributed by atoms with van der Waals surface area (Å²) in [5.41, 5.74) is 2.03. The zero-order valence-electron chi connectivity index (χ0n) is 12.1. The monoisotopic (exact) mass is 337 g/mol. The average molecular weight is 337 g/mol. The molecule has 8 heteroatoms. The van der Waals surface area contributed by atoms with Gasteiger partial charge in [-0.1, -0.05) is 48.1 Å². The first-order chi connectivity index (χ1) is 10.4. The lowest BCUT2D eigenvalue weighted by atomic mass is 10.1. The number of benzene rings is 1. The number of anilines is 1. The number of sulfone groups is 1. The molecule has 0 aliphatic heterocycles. The third-order valence-electron chi connectivity index (χ3n) is 2.79. The summed E-state index contributed by atoms with van der Waals surface area (Å²) in [6.07, 6.45) is 3.03. The molecule has 1 heterocycles. The number of nitrogens with zero attached hydrogens (tertiary/aromatic N) is 2. The number of hydrogen-bond donors (Lipinski definition) is 1. The van der Waals surface area contributed by atoms with Crippen LogP contribution >= 0.6 is 11.3 Å². The van der Waals surface area contributed by atoms with Gasteiger partial charge in [0.25, 0.3) is 0 Å². The van der Waals surface area contributed by atoms with Crippen molar-refractivity contribution in [1.82, 2.24) is 10.2 Å². The summed E-state index contributed by atoms with van der Waals surface area (Å²) in [6, 6.07) is 7.69. The van der Waals surface area contributed by atoms with E-state index in [1.54, 1.807) is 6.08 Å². The molecule has 0 atom stereocenters. The van der Waals surface area contributed by atoms with Crippen LogP contribution in [-0.4, -0.2) is 30.3 Å². The molecule has 0 fully saturated rings. The lowest BCUT2D eigenvalue weighted by Gasteiger charge is -1.96. The molecule has 0 spiro atoms. The van der Waals surface area contributed by atoms with E-state index in [4.69, 9.17) is 0 Å². The zero-order valence-corrected chi connectivity index (χ0v) is 13.7. The molecule has 2 aromatic rings. The molecule has 0 unspecified atom stereocenters. The molecule has 0 aliphatic rings. The first-order valence-electron chi connectivity index (χ1n) is 6.52. The van der Waals surface area contributed by atoms with Crippen molar-refractivity contribution in [2.45, 2.75) is 18.2 Å². The van der Waals surface area contributed by atoms with Crippen LogP contribution in [0.2, 0.25) is 0 Å². The highest BCUT2D eigenvalue weighted by Gasteiger charge is 2.18. The Kier molecular flexibility index (Phi) is 5.04. The Labute approximate surface area is 132 Å². The van der Waals surface area contributed by atoms with Crippen LogP contribution < -0.4 is 5.32 Å². The van der Waals surface area contributed by atoms with Crippen LogP contribution in [-0.2, 0) is 14.6 Å². The number of nitrogens with one attached hydrogen (secondary N) is 1. The molecule has 0 aliphatic carbocycles. The quantitative estimate of drug-likeness (QED) is 0.668. The first-order valence-corrected chi connectivity index (χ1v) is 8.99. The molecule has 1 N–H and O–H groups in total. The Morgan fingerprint density at radius 1 is 1.27 bits per heavy atom. The molecule has 2 rings (SSSR count). The number of hydrogen-bond acceptors (Lipinski definition) is 6. The van der Waals surface area contributed by atoms with Crippen LogP contribution in [0, 0.1) is 6.92 Å². The van der Waals surface area contributed by atoms with Crippen molar-refractivity contribution in [2.24, 2.45) is 0 Å². The van der Waals surface area contributed by atoms with E-state index in [0.717, 1.165) is 22.5 Å². The van der Waals surface area contributed by atoms with Crippen molar-refractivity contribution in [3.63, 3.8) is 0 Å². The smallest absolute Gasteiger partial charge is 0.250 e. The van der Waals surface area contributed by atoms with Crippen LogP contribution in [0.3, 0.4) is 0 Å². The van der Waals surface area contributed by atoms with Crippen molar-refractivity contribution in [1.29, 1.82) is 0 Å². The van der Waals surface area contributed by atoms with Gasteiger partial charge in [-0.3, -0.25) is 10.1 Å². The van der Waals surface area contributed by atoms with E-state index in [1.807, 2.05) is 31.2 Å². The van der Waals surface area contributed by atoms with Crippen LogP contribution in [0.1, 0.15) is 18.1 Å². The highest BCUT2D eigenvalue weighted by Crippen LogP contribution is 2.20. The van der Waals surface area contributed by atoms with E-state index in [9.17, 15) is 13.2 Å². The van der Waals surface area contributed by atoms with E-state index in [0.29, 0.717) is 0 Å². The van der Waals surface area contributed by atoms with Gasteiger partial charge < -0.3 is 0 Å². The summed E-state index contributed by atoms with van der Waals surface area (Å²) in [5, 5.41) is 9.89. The van der Waals surface area contributed by atoms with E-state index >= 15 is 0 Å². The Morgan fingerprint density at radius 2 is 1.95 bits per heavy atom. The fourth-order valence-electron chi connectivity index (χ4n) is 1.51. The zero-order chi connectivity index (χ0) is 16.2. The van der Waals surface area contributed by atoms with Crippen LogP contribution in [0.25, 0.3) is 6.08 Å². The van der Waals surface area contributed by atoms with E-state index in [1.165, 1.54) is 13.0 Å². The van der Waals surface area contributed by atoms with Crippen LogP contribution in [0.5, 0.6) is 0 Å². The highest BCUT2D eigenvalue weighted by atomic mass is 32.2. The Bertz CT molecular complexity index is 793. The Hall–Kier alpha value is -2.06. The van der Waals surface area contributed by atoms with Crippen molar-refractivity contribution in [3.05, 3.63) is 41.5 Å². The summed E-state index contributed by atoms with van der Waals surface area (Å²) < 4.78 is 23.1. The molecule has 0 radical (unpaired) electrons. The maximum atomic E-state index is 11.8. The van der Waals surface area contributed by atoms with Gasteiger partial charge in [0.1, 0.15) is 0 Å². The third-order valence-corrected chi connectivity index (χ3v) is 5.81. The van der Waals surface area contributed by atoms with E-state index in [2.05, 4.69) is 15.5 Å². The van der Waals surface area contributed by atoms with Crippen LogP contribution in [0.15, 0.2) is 34.7 Å². The third kappa shape index (κ3) is 4.22. The Morgan fingerprint density at radius 3 is 2.59 bits per heavy atom. The van der Waals surface area contributed by atoms with Gasteiger partial charge in [-0.15, -0.1) is 10.2 Å². The lowest BCUT2D eigenvalue weighted by molar-refractivity contribution is -0.111. The van der Waals surface area contributed by atoms with Crippen molar-refractivity contribution >= 4 is 38.3 Å². The molecule has 0 bridgehead atoms. The molecule has 1 amide bonds. The fraction of sp³-hybridized carbons (Fsp3) is 0.214. The number of aromatic nitrogens is 2. The lowest BCUT2D eigenvalue weighted by Crippen LogP contribution is -2.07. The molecule has 22 heavy (non-hydrogen) atoms. The second kappa shape index (κ2) is 6.80. The van der Waals surface area contributed by atoms with Gasteiger partial charge >= 0.3 is 0 Å². The van der Waals surface area contributed by atoms with Gasteiger partial charge in [0.15, 0.2) is 0 Å². The highest BCUT2D eigenvalue weighted by molar-refractivity contribution is 7.93. The predicted octanol–water partition coefficient (Wildman–Crippen LogP) is 2.29. The molecule has 0 saturated heterocycles. The van der Waals surface area contributed by atoms with Gasteiger partial charge in [0.2, 0.25) is 25.2 Å². The van der Waals surface area contributed by atoms with Gasteiger partial charge in [-0.05, 0) is 18.6 Å². The number of rotatable bonds is 5. The van der Waals surface area contributed by atoms with Gasteiger partial charge in [0.05, 0.1) is 5.75 Å². The SMILES string of the molecule is CCS(=O)(=O)c1nnc(NC(=O)/C=C/c2ccc(C)cc2)s1. The minimum absolute atomic E-state index is 0.0527. The predicted molar refractivity (Wildman–Crippen MR) is 86.5 cm³/mol. The maximum absolute atomic E-state index is 11.8. The molecular weight excluding hydrogens is 322 g/mol. The molecular formula is C14H15N3O3S2. The average Bonchev–Trinajstić information content (AvgIpc) is 2.96. The summed E-state index contributed by atoms with van der Waals surface area (Å²) in [4.78, 5) is 11.8. The fourth-order valence-corrected chi connectivity index (χ4v) is 3.50. The number of carbonyl (C=O) groups is 1. The van der Waals surface area contributed by atoms with Crippen LogP contribution in [0.4, 0.5) is 5.13 Å². The molecule has 116 valence electrons. The van der Waals surface area contributed by atoms with Crippen molar-refractivity contribution in [3.8, 4) is 0 Å². The van der Waals surface area contributed by atoms with Gasteiger partial charge in [0, 0.05) is 6.08 Å². The minimum Gasteiger partial charge on any atom is -0.297 e. The first kappa shape index (κ1) is 16.3. The molecule has 1 aromatic heterocycles. The largest absolute Gasteiger partial charge is 0.297 e. The molecule has 6 nitrogen and oxygen atoms in total. The topological polar surface area (TPSA) is 89.0 Å². The molecule has 1 aromatic carbocycles. The second-order valence-corrected chi connectivity index (χ2v) is 7.94. The number of carbonyl (C=O) groups excluding carboxylic acids is 1. The Balaban J connectivity index is 2.02. The second-order valence-electron chi connectivity index (χ2n) is 4.51.